The predicted molar refractivity (Wildman–Crippen MR) is 83.6 cm³/mol. The molecule has 0 fully saturated rings. The number of para-hydroxylation sites is 1. The zero-order valence-corrected chi connectivity index (χ0v) is 11.6. The molecular formula is C18H18N2. The molecule has 1 unspecified atom stereocenters. The number of hydrogen-bond donors (Lipinski definition) is 1. The number of rotatable bonds is 3. The van der Waals surface area contributed by atoms with E-state index in [-0.39, 0.29) is 6.04 Å². The standard InChI is InChI=1S/C18H18N2/c1-13(19)15-8-6-14(7-9-15)12-17-11-10-16-4-2-3-5-18(16)20-17/h2-11,13H,12,19H2,1H3. The van der Waals surface area contributed by atoms with Crippen LogP contribution in [0.25, 0.3) is 10.9 Å². The molecule has 0 saturated carbocycles. The predicted octanol–water partition coefficient (Wildman–Crippen LogP) is 3.85. The lowest BCUT2D eigenvalue weighted by atomic mass is 10.0. The van der Waals surface area contributed by atoms with Crippen molar-refractivity contribution in [2.45, 2.75) is 19.4 Å². The second kappa shape index (κ2) is 5.43. The van der Waals surface area contributed by atoms with E-state index in [4.69, 9.17) is 10.7 Å². The first-order valence-electron chi connectivity index (χ1n) is 6.91. The second-order valence-electron chi connectivity index (χ2n) is 5.20. The largest absolute Gasteiger partial charge is 0.324 e. The van der Waals surface area contributed by atoms with Crippen LogP contribution >= 0.6 is 0 Å². The Morgan fingerprint density at radius 3 is 2.45 bits per heavy atom. The summed E-state index contributed by atoms with van der Waals surface area (Å²) in [7, 11) is 0. The maximum atomic E-state index is 5.87. The molecule has 1 heterocycles. The van der Waals surface area contributed by atoms with E-state index < -0.39 is 0 Å². The second-order valence-corrected chi connectivity index (χ2v) is 5.20. The molecule has 2 aromatic carbocycles. The van der Waals surface area contributed by atoms with Crippen molar-refractivity contribution in [3.05, 3.63) is 77.5 Å². The molecule has 2 N–H and O–H groups in total. The summed E-state index contributed by atoms with van der Waals surface area (Å²) in [6.07, 6.45) is 0.851. The van der Waals surface area contributed by atoms with Crippen molar-refractivity contribution < 1.29 is 0 Å². The first-order chi connectivity index (χ1) is 9.72. The maximum absolute atomic E-state index is 5.87. The summed E-state index contributed by atoms with van der Waals surface area (Å²) < 4.78 is 0. The average molecular weight is 262 g/mol. The van der Waals surface area contributed by atoms with Crippen molar-refractivity contribution in [2.75, 3.05) is 0 Å². The Morgan fingerprint density at radius 2 is 1.70 bits per heavy atom. The van der Waals surface area contributed by atoms with Gasteiger partial charge in [-0.25, -0.2) is 0 Å². The summed E-state index contributed by atoms with van der Waals surface area (Å²) in [6.45, 7) is 2.00. The number of pyridine rings is 1. The zero-order valence-electron chi connectivity index (χ0n) is 11.6. The van der Waals surface area contributed by atoms with Gasteiger partial charge in [0.15, 0.2) is 0 Å². The van der Waals surface area contributed by atoms with Gasteiger partial charge in [-0.05, 0) is 30.2 Å². The third kappa shape index (κ3) is 2.70. The average Bonchev–Trinajstić information content (AvgIpc) is 2.48. The van der Waals surface area contributed by atoms with Gasteiger partial charge in [-0.1, -0.05) is 48.5 Å². The molecule has 2 heteroatoms. The highest BCUT2D eigenvalue weighted by molar-refractivity contribution is 5.78. The molecule has 2 nitrogen and oxygen atoms in total. The van der Waals surface area contributed by atoms with E-state index in [2.05, 4.69) is 48.5 Å². The van der Waals surface area contributed by atoms with Crippen molar-refractivity contribution in [3.63, 3.8) is 0 Å². The molecule has 0 saturated heterocycles. The van der Waals surface area contributed by atoms with Gasteiger partial charge in [-0.2, -0.15) is 0 Å². The van der Waals surface area contributed by atoms with Crippen LogP contribution in [0.3, 0.4) is 0 Å². The molecule has 0 spiro atoms. The van der Waals surface area contributed by atoms with E-state index >= 15 is 0 Å². The van der Waals surface area contributed by atoms with Crippen molar-refractivity contribution in [1.82, 2.24) is 4.98 Å². The molecule has 0 aliphatic carbocycles. The summed E-state index contributed by atoms with van der Waals surface area (Å²) in [5.41, 5.74) is 10.4. The van der Waals surface area contributed by atoms with E-state index in [1.807, 2.05) is 19.1 Å². The Labute approximate surface area is 119 Å². The van der Waals surface area contributed by atoms with Gasteiger partial charge in [-0.3, -0.25) is 4.98 Å². The van der Waals surface area contributed by atoms with Gasteiger partial charge < -0.3 is 5.73 Å². The van der Waals surface area contributed by atoms with Gasteiger partial charge in [0.1, 0.15) is 0 Å². The Hall–Kier alpha value is -2.19. The topological polar surface area (TPSA) is 38.9 Å². The van der Waals surface area contributed by atoms with E-state index in [1.165, 1.54) is 16.5 Å². The van der Waals surface area contributed by atoms with Crippen LogP contribution in [0, 0.1) is 0 Å². The molecule has 1 atom stereocenters. The highest BCUT2D eigenvalue weighted by atomic mass is 14.7. The summed E-state index contributed by atoms with van der Waals surface area (Å²) in [4.78, 5) is 4.70. The quantitative estimate of drug-likeness (QED) is 0.778. The minimum absolute atomic E-state index is 0.0860. The molecule has 3 aromatic rings. The van der Waals surface area contributed by atoms with E-state index in [1.54, 1.807) is 0 Å². The minimum Gasteiger partial charge on any atom is -0.324 e. The molecule has 1 aromatic heterocycles. The lowest BCUT2D eigenvalue weighted by Crippen LogP contribution is -2.04. The molecule has 0 amide bonds. The summed E-state index contributed by atoms with van der Waals surface area (Å²) in [6, 6.07) is 21.0. The third-order valence-electron chi connectivity index (χ3n) is 3.55. The van der Waals surface area contributed by atoms with Gasteiger partial charge in [0.2, 0.25) is 0 Å². The first-order valence-corrected chi connectivity index (χ1v) is 6.91. The van der Waals surface area contributed by atoms with Gasteiger partial charge in [0, 0.05) is 23.5 Å². The fourth-order valence-corrected chi connectivity index (χ4v) is 2.35. The fraction of sp³-hybridized carbons (Fsp3) is 0.167. The number of hydrogen-bond acceptors (Lipinski definition) is 2. The lowest BCUT2D eigenvalue weighted by Gasteiger charge is -2.07. The Bertz CT molecular complexity index is 715. The van der Waals surface area contributed by atoms with Crippen LogP contribution in [0.1, 0.15) is 29.8 Å². The Balaban J connectivity index is 1.85. The lowest BCUT2D eigenvalue weighted by molar-refractivity contribution is 0.817. The number of aromatic nitrogens is 1. The molecule has 20 heavy (non-hydrogen) atoms. The molecule has 100 valence electrons. The van der Waals surface area contributed by atoms with Crippen LogP contribution in [-0.2, 0) is 6.42 Å². The smallest absolute Gasteiger partial charge is 0.0705 e. The summed E-state index contributed by atoms with van der Waals surface area (Å²) in [5, 5.41) is 1.18. The molecule has 0 bridgehead atoms. The van der Waals surface area contributed by atoms with E-state index in [9.17, 15) is 0 Å². The van der Waals surface area contributed by atoms with Crippen LogP contribution in [-0.4, -0.2) is 4.98 Å². The Morgan fingerprint density at radius 1 is 0.950 bits per heavy atom. The number of fused-ring (bicyclic) bond motifs is 1. The van der Waals surface area contributed by atoms with Crippen molar-refractivity contribution >= 4 is 10.9 Å². The van der Waals surface area contributed by atoms with Crippen LogP contribution in [0.4, 0.5) is 0 Å². The van der Waals surface area contributed by atoms with E-state index in [0.717, 1.165) is 17.6 Å². The van der Waals surface area contributed by atoms with Crippen molar-refractivity contribution in [2.24, 2.45) is 5.73 Å². The van der Waals surface area contributed by atoms with Crippen molar-refractivity contribution in [3.8, 4) is 0 Å². The van der Waals surface area contributed by atoms with Gasteiger partial charge in [0.05, 0.1) is 5.52 Å². The first kappa shape index (κ1) is 12.8. The number of nitrogens with zero attached hydrogens (tertiary/aromatic N) is 1. The van der Waals surface area contributed by atoms with Crippen LogP contribution in [0.5, 0.6) is 0 Å². The van der Waals surface area contributed by atoms with Crippen LogP contribution < -0.4 is 5.73 Å². The summed E-state index contributed by atoms with van der Waals surface area (Å²) >= 11 is 0. The molecule has 0 aliphatic heterocycles. The SMILES string of the molecule is CC(N)c1ccc(Cc2ccc3ccccc3n2)cc1. The van der Waals surface area contributed by atoms with E-state index in [0.29, 0.717) is 0 Å². The summed E-state index contributed by atoms with van der Waals surface area (Å²) in [5.74, 6) is 0. The monoisotopic (exact) mass is 262 g/mol. The highest BCUT2D eigenvalue weighted by Crippen LogP contribution is 2.16. The molecule has 3 rings (SSSR count). The molecular weight excluding hydrogens is 244 g/mol. The molecule has 0 radical (unpaired) electrons. The van der Waals surface area contributed by atoms with Crippen LogP contribution in [0.15, 0.2) is 60.7 Å². The van der Waals surface area contributed by atoms with Crippen molar-refractivity contribution in [1.29, 1.82) is 0 Å². The number of benzene rings is 2. The minimum atomic E-state index is 0.0860. The fourth-order valence-electron chi connectivity index (χ4n) is 2.35. The third-order valence-corrected chi connectivity index (χ3v) is 3.55. The number of nitrogens with two attached hydrogens (primary N) is 1. The Kier molecular flexibility index (Phi) is 3.48. The normalized spacial score (nSPS) is 12.5. The van der Waals surface area contributed by atoms with Gasteiger partial charge in [-0.15, -0.1) is 0 Å². The zero-order chi connectivity index (χ0) is 13.9. The van der Waals surface area contributed by atoms with Crippen LogP contribution in [0.2, 0.25) is 0 Å². The highest BCUT2D eigenvalue weighted by Gasteiger charge is 2.02. The van der Waals surface area contributed by atoms with Gasteiger partial charge >= 0.3 is 0 Å². The maximum Gasteiger partial charge on any atom is 0.0705 e. The van der Waals surface area contributed by atoms with Gasteiger partial charge in [0.25, 0.3) is 0 Å². The molecule has 0 aliphatic rings.